The third-order valence-electron chi connectivity index (χ3n) is 5.52. The zero-order valence-corrected chi connectivity index (χ0v) is 18.1. The van der Waals surface area contributed by atoms with Gasteiger partial charge in [0.15, 0.2) is 0 Å². The Morgan fingerprint density at radius 3 is 2.78 bits per heavy atom. The molecule has 1 amide bonds. The highest BCUT2D eigenvalue weighted by molar-refractivity contribution is 5.99. The van der Waals surface area contributed by atoms with E-state index in [-0.39, 0.29) is 5.82 Å². The fourth-order valence-corrected chi connectivity index (χ4v) is 3.78. The lowest BCUT2D eigenvalue weighted by molar-refractivity contribution is 0.188. The number of aromatic nitrogens is 2. The molecule has 9 heteroatoms. The van der Waals surface area contributed by atoms with Gasteiger partial charge in [0.05, 0.1) is 0 Å². The molecule has 1 saturated heterocycles. The summed E-state index contributed by atoms with van der Waals surface area (Å²) < 4.78 is 10.6. The van der Waals surface area contributed by atoms with Gasteiger partial charge in [0.1, 0.15) is 18.1 Å². The lowest BCUT2D eigenvalue weighted by atomic mass is 9.98. The number of amides is 1. The Kier molecular flexibility index (Phi) is 6.27. The van der Waals surface area contributed by atoms with E-state index in [2.05, 4.69) is 27.5 Å². The summed E-state index contributed by atoms with van der Waals surface area (Å²) in [5.41, 5.74) is 10.5. The van der Waals surface area contributed by atoms with E-state index in [0.29, 0.717) is 18.2 Å². The second kappa shape index (κ2) is 9.27. The molecule has 4 heterocycles. The van der Waals surface area contributed by atoms with E-state index in [1.165, 1.54) is 6.42 Å². The Bertz CT molecular complexity index is 1140. The molecule has 32 heavy (non-hydrogen) atoms. The van der Waals surface area contributed by atoms with E-state index in [4.69, 9.17) is 20.3 Å². The van der Waals surface area contributed by atoms with Gasteiger partial charge in [-0.1, -0.05) is 6.92 Å². The number of nitrogen functional groups attached to an aromatic ring is 1. The van der Waals surface area contributed by atoms with E-state index in [9.17, 15) is 4.79 Å². The zero-order valence-electron chi connectivity index (χ0n) is 18.1. The highest BCUT2D eigenvalue weighted by atomic mass is 16.5. The Labute approximate surface area is 186 Å². The number of hydrogen-bond donors (Lipinski definition) is 4. The molecule has 2 aliphatic rings. The third-order valence-corrected chi connectivity index (χ3v) is 5.52. The number of nitrogens with one attached hydrogen (secondary N) is 2. The van der Waals surface area contributed by atoms with Gasteiger partial charge in [0.25, 0.3) is 0 Å². The van der Waals surface area contributed by atoms with Crippen molar-refractivity contribution in [1.29, 1.82) is 0 Å². The molecule has 1 atom stereocenters. The predicted molar refractivity (Wildman–Crippen MR) is 124 cm³/mol. The lowest BCUT2D eigenvalue weighted by Crippen LogP contribution is -2.20. The normalized spacial score (nSPS) is 16.9. The van der Waals surface area contributed by atoms with Crippen LogP contribution in [0.1, 0.15) is 18.9 Å². The van der Waals surface area contributed by atoms with E-state index in [0.717, 1.165) is 58.8 Å². The van der Waals surface area contributed by atoms with Crippen LogP contribution in [0.2, 0.25) is 0 Å². The Hall–Kier alpha value is -3.59. The third kappa shape index (κ3) is 4.67. The Balaban J connectivity index is 0.000000354. The largest absolute Gasteiger partial charge is 0.474 e. The van der Waals surface area contributed by atoms with Gasteiger partial charge in [-0.15, -0.1) is 0 Å². The van der Waals surface area contributed by atoms with Gasteiger partial charge < -0.3 is 25.6 Å². The van der Waals surface area contributed by atoms with Crippen LogP contribution in [-0.2, 0) is 4.74 Å². The number of carboxylic acid groups (broad SMARTS) is 1. The first-order valence-corrected chi connectivity index (χ1v) is 10.6. The quantitative estimate of drug-likeness (QED) is 0.440. The summed E-state index contributed by atoms with van der Waals surface area (Å²) in [6.45, 7) is 7.51. The molecule has 0 bridgehead atoms. The van der Waals surface area contributed by atoms with Crippen LogP contribution < -0.4 is 21.1 Å². The minimum Gasteiger partial charge on any atom is -0.474 e. The summed E-state index contributed by atoms with van der Waals surface area (Å²) in [7, 11) is 0. The predicted octanol–water partition coefficient (Wildman–Crippen LogP) is 4.12. The van der Waals surface area contributed by atoms with Crippen LogP contribution in [0.5, 0.6) is 5.88 Å². The van der Waals surface area contributed by atoms with Gasteiger partial charge in [-0.3, -0.25) is 5.32 Å². The van der Waals surface area contributed by atoms with Crippen LogP contribution >= 0.6 is 0 Å². The summed E-state index contributed by atoms with van der Waals surface area (Å²) in [5, 5.41) is 16.0. The first-order valence-electron chi connectivity index (χ1n) is 10.6. The highest BCUT2D eigenvalue weighted by Gasteiger charge is 2.18. The highest BCUT2D eigenvalue weighted by Crippen LogP contribution is 2.37. The molecular weight excluding hydrogens is 410 g/mol. The van der Waals surface area contributed by atoms with Gasteiger partial charge in [-0.2, -0.15) is 0 Å². The number of hydrogen-bond acceptors (Lipinski definition) is 7. The Morgan fingerprint density at radius 1 is 1.25 bits per heavy atom. The molecule has 1 unspecified atom stereocenters. The fraction of sp³-hybridized carbons (Fsp3) is 0.348. The molecule has 1 aromatic carbocycles. The first-order chi connectivity index (χ1) is 15.4. The van der Waals surface area contributed by atoms with Gasteiger partial charge in [-0.05, 0) is 54.0 Å². The minimum absolute atomic E-state index is 0.247. The van der Waals surface area contributed by atoms with Crippen molar-refractivity contribution in [3.8, 4) is 17.0 Å². The summed E-state index contributed by atoms with van der Waals surface area (Å²) in [6.07, 6.45) is 3.42. The monoisotopic (exact) mass is 437 g/mol. The van der Waals surface area contributed by atoms with Crippen LogP contribution in [0.3, 0.4) is 0 Å². The maximum atomic E-state index is 10.8. The van der Waals surface area contributed by atoms with Crippen molar-refractivity contribution < 1.29 is 19.4 Å². The van der Waals surface area contributed by atoms with Gasteiger partial charge >= 0.3 is 6.09 Å². The van der Waals surface area contributed by atoms with Crippen molar-refractivity contribution in [1.82, 2.24) is 9.97 Å². The maximum absolute atomic E-state index is 10.8. The molecule has 0 spiro atoms. The second-order valence-corrected chi connectivity index (χ2v) is 8.01. The maximum Gasteiger partial charge on any atom is 0.410 e. The van der Waals surface area contributed by atoms with E-state index in [1.807, 2.05) is 19.1 Å². The molecule has 168 valence electrons. The van der Waals surface area contributed by atoms with E-state index in [1.54, 1.807) is 18.5 Å². The van der Waals surface area contributed by atoms with Crippen molar-refractivity contribution in [2.45, 2.75) is 20.3 Å². The SMILES string of the molecule is CC1CCOC1.Cc1c(-c2cc(N)c3cnc(NC(=O)O)cc3c2)cnc2c1NCCO2. The van der Waals surface area contributed by atoms with Gasteiger partial charge in [-0.25, -0.2) is 14.8 Å². The molecular formula is C23H27N5O4. The molecule has 0 radical (unpaired) electrons. The van der Waals surface area contributed by atoms with Crippen LogP contribution in [0.4, 0.5) is 22.0 Å². The van der Waals surface area contributed by atoms with Crippen molar-refractivity contribution in [2.24, 2.45) is 5.92 Å². The van der Waals surface area contributed by atoms with Crippen molar-refractivity contribution in [3.63, 3.8) is 0 Å². The minimum atomic E-state index is -1.17. The fourth-order valence-electron chi connectivity index (χ4n) is 3.78. The number of pyridine rings is 2. The van der Waals surface area contributed by atoms with Crippen LogP contribution in [-0.4, -0.2) is 47.5 Å². The standard InChI is InChI=1S/C18H17N5O3.C5H10O/c1-9-12(7-22-17-16(9)20-2-3-26-17)10-4-11-6-15(23-18(24)25)21-8-13(11)14(19)5-10;1-5-2-3-6-4-5/h4-8,20H,2-3,19H2,1H3,(H,21,23)(H,24,25);5H,2-4H2,1H3. The second-order valence-electron chi connectivity index (χ2n) is 8.01. The molecule has 9 nitrogen and oxygen atoms in total. The molecule has 5 rings (SSSR count). The molecule has 0 aliphatic carbocycles. The van der Waals surface area contributed by atoms with Crippen molar-refractivity contribution in [3.05, 3.63) is 36.2 Å². The summed E-state index contributed by atoms with van der Waals surface area (Å²) >= 11 is 0. The number of fused-ring (bicyclic) bond motifs is 2. The van der Waals surface area contributed by atoms with Crippen molar-refractivity contribution in [2.75, 3.05) is 42.7 Å². The molecule has 3 aromatic rings. The topological polar surface area (TPSA) is 132 Å². The summed E-state index contributed by atoms with van der Waals surface area (Å²) in [4.78, 5) is 19.3. The smallest absolute Gasteiger partial charge is 0.410 e. The van der Waals surface area contributed by atoms with Crippen LogP contribution in [0.15, 0.2) is 30.6 Å². The number of carbonyl (C=O) groups is 1. The average Bonchev–Trinajstić information content (AvgIpc) is 3.25. The number of anilines is 3. The van der Waals surface area contributed by atoms with Crippen molar-refractivity contribution >= 4 is 34.1 Å². The molecule has 2 aromatic heterocycles. The number of nitrogens with two attached hydrogens (primary N) is 1. The molecule has 0 saturated carbocycles. The Morgan fingerprint density at radius 2 is 2.09 bits per heavy atom. The number of rotatable bonds is 2. The molecule has 5 N–H and O–H groups in total. The van der Waals surface area contributed by atoms with E-state index < -0.39 is 6.09 Å². The van der Waals surface area contributed by atoms with Gasteiger partial charge in [0.2, 0.25) is 5.88 Å². The molecule has 1 fully saturated rings. The lowest BCUT2D eigenvalue weighted by Gasteiger charge is -2.21. The van der Waals surface area contributed by atoms with Gasteiger partial charge in [0, 0.05) is 48.8 Å². The molecule has 2 aliphatic heterocycles. The number of nitrogens with zero attached hydrogens (tertiary/aromatic N) is 2. The number of benzene rings is 1. The van der Waals surface area contributed by atoms with Crippen LogP contribution in [0.25, 0.3) is 21.9 Å². The average molecular weight is 438 g/mol. The van der Waals surface area contributed by atoms with Crippen LogP contribution in [0, 0.1) is 12.8 Å². The zero-order chi connectivity index (χ0) is 22.7. The van der Waals surface area contributed by atoms with E-state index >= 15 is 0 Å². The number of ether oxygens (including phenoxy) is 2. The summed E-state index contributed by atoms with van der Waals surface area (Å²) in [5.74, 6) is 1.67. The summed E-state index contributed by atoms with van der Waals surface area (Å²) in [6, 6.07) is 5.47. The first kappa shape index (κ1) is 21.6.